The first kappa shape index (κ1) is 30.6. The number of aliphatic hydroxyl groups is 1. The molecular formula is C28H37FN6O5. The van der Waals surface area contributed by atoms with Crippen LogP contribution in [-0.2, 0) is 4.74 Å². The average Bonchev–Trinajstić information content (AvgIpc) is 2.98. The van der Waals surface area contributed by atoms with Gasteiger partial charge in [0.25, 0.3) is 11.9 Å². The van der Waals surface area contributed by atoms with Gasteiger partial charge in [0.15, 0.2) is 0 Å². The molecule has 1 aromatic heterocycles. The number of benzene rings is 1. The number of halogens is 1. The number of piperidine rings is 1. The highest BCUT2D eigenvalue weighted by Gasteiger charge is 2.29. The lowest BCUT2D eigenvalue weighted by Gasteiger charge is -2.33. The summed E-state index contributed by atoms with van der Waals surface area (Å²) in [6.07, 6.45) is 5.44. The summed E-state index contributed by atoms with van der Waals surface area (Å²) >= 11 is 0. The van der Waals surface area contributed by atoms with Crippen LogP contribution in [0.4, 0.5) is 10.1 Å². The Hall–Kier alpha value is -3.95. The number of unbranched alkanes of at least 4 members (excludes halogenated alkanes) is 1. The number of carbonyl (C=O) groups is 1. The molecule has 1 aromatic carbocycles. The van der Waals surface area contributed by atoms with Crippen molar-refractivity contribution in [2.45, 2.75) is 38.2 Å². The molecule has 2 aromatic rings. The smallest absolute Gasteiger partial charge is 0.266 e. The lowest BCUT2D eigenvalue weighted by Crippen LogP contribution is -2.38. The number of ether oxygens (including phenoxy) is 3. The molecule has 1 unspecified atom stereocenters. The van der Waals surface area contributed by atoms with Gasteiger partial charge in [0.05, 0.1) is 32.7 Å². The molecule has 11 nitrogen and oxygen atoms in total. The van der Waals surface area contributed by atoms with Gasteiger partial charge in [-0.2, -0.15) is 15.9 Å². The third kappa shape index (κ3) is 8.27. The molecule has 1 amide bonds. The number of nitrogens with zero attached hydrogens (tertiary/aromatic N) is 4. The molecule has 0 aliphatic carbocycles. The van der Waals surface area contributed by atoms with Crippen molar-refractivity contribution in [3.05, 3.63) is 59.1 Å². The molecule has 3 N–H and O–H groups in total. The highest BCUT2D eigenvalue weighted by atomic mass is 19.1. The molecule has 40 heavy (non-hydrogen) atoms. The number of carbonyl (C=O) groups excluding carboxylic acids is 1. The molecule has 1 fully saturated rings. The van der Waals surface area contributed by atoms with Gasteiger partial charge in [-0.15, -0.1) is 0 Å². The highest BCUT2D eigenvalue weighted by Crippen LogP contribution is 2.35. The second-order valence-corrected chi connectivity index (χ2v) is 9.39. The Morgan fingerprint density at radius 3 is 2.48 bits per heavy atom. The number of guanidine groups is 1. The zero-order chi connectivity index (χ0) is 28.9. The van der Waals surface area contributed by atoms with Crippen LogP contribution in [0.5, 0.6) is 11.5 Å². The van der Waals surface area contributed by atoms with Gasteiger partial charge in [-0.25, -0.2) is 9.98 Å². The highest BCUT2D eigenvalue weighted by molar-refractivity contribution is 6.00. The Bertz CT molecular complexity index is 1150. The summed E-state index contributed by atoms with van der Waals surface area (Å²) in [5.41, 5.74) is 4.05. The van der Waals surface area contributed by atoms with Crippen molar-refractivity contribution in [1.82, 2.24) is 15.3 Å². The molecule has 0 radical (unpaired) electrons. The summed E-state index contributed by atoms with van der Waals surface area (Å²) in [4.78, 5) is 26.4. The van der Waals surface area contributed by atoms with Crippen LogP contribution in [0.15, 0.2) is 35.5 Å². The Morgan fingerprint density at radius 1 is 1.23 bits per heavy atom. The summed E-state index contributed by atoms with van der Waals surface area (Å²) < 4.78 is 29.4. The zero-order valence-electron chi connectivity index (χ0n) is 23.2. The Morgan fingerprint density at radius 2 is 1.93 bits per heavy atom. The third-order valence-corrected chi connectivity index (χ3v) is 6.91. The number of aliphatic imine (C=N–C) groups is 1. The van der Waals surface area contributed by atoms with E-state index in [2.05, 4.69) is 25.7 Å². The zero-order valence-corrected chi connectivity index (χ0v) is 23.2. The fourth-order valence-electron chi connectivity index (χ4n) is 4.71. The first-order valence-corrected chi connectivity index (χ1v) is 13.2. The van der Waals surface area contributed by atoms with E-state index in [4.69, 9.17) is 20.8 Å². The largest absolute Gasteiger partial charge is 0.496 e. The van der Waals surface area contributed by atoms with E-state index >= 15 is 0 Å². The molecule has 1 aliphatic heterocycles. The molecule has 0 saturated carbocycles. The van der Waals surface area contributed by atoms with E-state index in [0.29, 0.717) is 59.8 Å². The number of hydrogen-bond donors (Lipinski definition) is 3. The number of amides is 1. The van der Waals surface area contributed by atoms with Crippen molar-refractivity contribution in [3.63, 3.8) is 0 Å². The van der Waals surface area contributed by atoms with Crippen molar-refractivity contribution in [1.29, 1.82) is 0 Å². The van der Waals surface area contributed by atoms with Gasteiger partial charge in [-0.05, 0) is 55.0 Å². The molecule has 216 valence electrons. The van der Waals surface area contributed by atoms with Crippen LogP contribution in [0.1, 0.15) is 54.1 Å². The number of methoxy groups -OCH3 is 3. The number of nitrogens with one attached hydrogen (secondary N) is 2. The Labute approximate surface area is 234 Å². The minimum Gasteiger partial charge on any atom is -0.496 e. The number of pyridine rings is 1. The van der Waals surface area contributed by atoms with E-state index in [9.17, 15) is 14.3 Å². The normalized spacial score (nSPS) is 14.8. The molecule has 3 rings (SSSR count). The van der Waals surface area contributed by atoms with E-state index in [1.165, 1.54) is 39.7 Å². The Balaban J connectivity index is 1.50. The Kier molecular flexibility index (Phi) is 11.9. The van der Waals surface area contributed by atoms with Gasteiger partial charge in [0.1, 0.15) is 23.2 Å². The second-order valence-electron chi connectivity index (χ2n) is 9.39. The number of hydrogen-bond acceptors (Lipinski definition) is 7. The van der Waals surface area contributed by atoms with Crippen LogP contribution >= 0.6 is 0 Å². The molecule has 0 spiro atoms. The summed E-state index contributed by atoms with van der Waals surface area (Å²) in [5.74, 6) is 0.850. The molecule has 1 atom stereocenters. The number of aromatic nitrogens is 1. The summed E-state index contributed by atoms with van der Waals surface area (Å²) in [6, 6.07) is 6.17. The van der Waals surface area contributed by atoms with Crippen LogP contribution < -0.4 is 20.2 Å². The quantitative estimate of drug-likeness (QED) is 0.0901. The number of likely N-dealkylation sites (tertiary alicyclic amines) is 1. The van der Waals surface area contributed by atoms with Crippen molar-refractivity contribution >= 4 is 17.6 Å². The predicted octanol–water partition coefficient (Wildman–Crippen LogP) is 3.83. The summed E-state index contributed by atoms with van der Waals surface area (Å²) in [5, 5.41) is 12.5. The first-order valence-electron chi connectivity index (χ1n) is 13.2. The summed E-state index contributed by atoms with van der Waals surface area (Å²) in [7, 11) is 4.51. The number of aliphatic hydroxyl groups excluding tert-OH is 1. The van der Waals surface area contributed by atoms with E-state index in [0.717, 1.165) is 32.1 Å². The van der Waals surface area contributed by atoms with Crippen LogP contribution in [0.2, 0.25) is 0 Å². The molecular weight excluding hydrogens is 519 g/mol. The lowest BCUT2D eigenvalue weighted by atomic mass is 9.91. The van der Waals surface area contributed by atoms with E-state index in [1.807, 2.05) is 4.90 Å². The van der Waals surface area contributed by atoms with Crippen molar-refractivity contribution in [2.75, 3.05) is 52.9 Å². The standard InChI is InChI=1S/C28H37FN6O5/c1-30-34-28(33-21-8-9-25(29)32-17-21)31-12-6-5-7-19-10-13-35(14-11-19)27(37)26-22(38-2)15-20(16-23(26)39-3)24(18-36)40-4/h8-9,15-17,19,24,36H,5-7,10-14,18H2,2-4H3,(H2,31,33,34). The van der Waals surface area contributed by atoms with Gasteiger partial charge in [-0.1, -0.05) is 18.3 Å². The van der Waals surface area contributed by atoms with Gasteiger partial charge < -0.3 is 29.5 Å². The molecule has 1 saturated heterocycles. The van der Waals surface area contributed by atoms with Crippen molar-refractivity contribution in [3.8, 4) is 11.5 Å². The fourth-order valence-corrected chi connectivity index (χ4v) is 4.71. The lowest BCUT2D eigenvalue weighted by molar-refractivity contribution is 0.0480. The monoisotopic (exact) mass is 556 g/mol. The maximum Gasteiger partial charge on any atom is 0.266 e. The van der Waals surface area contributed by atoms with Gasteiger partial charge in [-0.3, -0.25) is 4.79 Å². The fraction of sp³-hybridized carbons (Fsp3) is 0.500. The topological polar surface area (TPSA) is 122 Å². The second kappa shape index (κ2) is 15.6. The van der Waals surface area contributed by atoms with E-state index < -0.39 is 12.1 Å². The third-order valence-electron chi connectivity index (χ3n) is 6.91. The van der Waals surface area contributed by atoms with Crippen LogP contribution in [0.25, 0.3) is 4.95 Å². The van der Waals surface area contributed by atoms with Gasteiger partial charge in [0, 0.05) is 26.7 Å². The molecule has 0 bridgehead atoms. The predicted molar refractivity (Wildman–Crippen MR) is 149 cm³/mol. The van der Waals surface area contributed by atoms with E-state index in [1.54, 1.807) is 12.1 Å². The number of rotatable bonds is 12. The maximum atomic E-state index is 13.5. The van der Waals surface area contributed by atoms with Crippen molar-refractivity contribution < 1.29 is 28.5 Å². The van der Waals surface area contributed by atoms with Crippen molar-refractivity contribution in [2.24, 2.45) is 10.9 Å². The van der Waals surface area contributed by atoms with E-state index in [-0.39, 0.29) is 12.5 Å². The first-order chi connectivity index (χ1) is 19.4. The SMILES string of the molecule is [C-]#[N+]NC(=NCCCCC1CCN(C(=O)c2c(OC)cc(C(CO)OC)cc2OC)CC1)Nc1ccc(F)nc1. The number of anilines is 1. The molecule has 2 heterocycles. The average molecular weight is 557 g/mol. The minimum atomic E-state index is -0.578. The van der Waals surface area contributed by atoms with Crippen LogP contribution in [0.3, 0.4) is 0 Å². The summed E-state index contributed by atoms with van der Waals surface area (Å²) in [6.45, 7) is 8.64. The van der Waals surface area contributed by atoms with Gasteiger partial charge >= 0.3 is 0 Å². The molecule has 1 aliphatic rings. The maximum absolute atomic E-state index is 13.5. The minimum absolute atomic E-state index is 0.144. The van der Waals surface area contributed by atoms with Gasteiger partial charge in [0.2, 0.25) is 5.95 Å². The van der Waals surface area contributed by atoms with Crippen LogP contribution in [-0.4, -0.2) is 74.4 Å². The molecule has 12 heteroatoms. The van der Waals surface area contributed by atoms with Crippen LogP contribution in [0, 0.1) is 18.4 Å².